The minimum atomic E-state index is -4.43. The Hall–Kier alpha value is -2.09. The van der Waals surface area contributed by atoms with Crippen molar-refractivity contribution in [1.82, 2.24) is 9.80 Å². The number of likely N-dealkylation sites (tertiary alicyclic amines) is 2. The van der Waals surface area contributed by atoms with Gasteiger partial charge in [0.15, 0.2) is 0 Å². The maximum atomic E-state index is 12.9. The summed E-state index contributed by atoms with van der Waals surface area (Å²) < 4.78 is 38.6. The molecule has 2 saturated heterocycles. The van der Waals surface area contributed by atoms with Crippen LogP contribution >= 0.6 is 0 Å². The zero-order chi connectivity index (χ0) is 20.7. The average molecular weight is 397 g/mol. The lowest BCUT2D eigenvalue weighted by Crippen LogP contribution is -2.55. The van der Waals surface area contributed by atoms with E-state index in [2.05, 4.69) is 0 Å². The van der Waals surface area contributed by atoms with E-state index in [1.165, 1.54) is 11.0 Å². The molecule has 1 aromatic rings. The molecule has 2 aliphatic heterocycles. The molecule has 3 rings (SSSR count). The zero-order valence-corrected chi connectivity index (χ0v) is 16.1. The van der Waals surface area contributed by atoms with Gasteiger partial charge in [-0.3, -0.25) is 9.59 Å². The van der Waals surface area contributed by atoms with Crippen molar-refractivity contribution in [1.29, 1.82) is 0 Å². The fourth-order valence-electron chi connectivity index (χ4n) is 3.98. The highest BCUT2D eigenvalue weighted by Crippen LogP contribution is 2.32. The molecule has 5 nitrogen and oxygen atoms in total. The molecule has 8 heteroatoms. The summed E-state index contributed by atoms with van der Waals surface area (Å²) in [6.45, 7) is 5.47. The van der Waals surface area contributed by atoms with Crippen LogP contribution in [0, 0.1) is 11.3 Å². The second-order valence-corrected chi connectivity index (χ2v) is 8.52. The number of benzene rings is 1. The molecule has 0 aliphatic carbocycles. The minimum Gasteiger partial charge on any atom is -0.342 e. The highest BCUT2D eigenvalue weighted by atomic mass is 19.4. The molecule has 2 atom stereocenters. The maximum Gasteiger partial charge on any atom is 0.416 e. The van der Waals surface area contributed by atoms with E-state index in [4.69, 9.17) is 5.73 Å². The van der Waals surface area contributed by atoms with Gasteiger partial charge in [0, 0.05) is 38.6 Å². The van der Waals surface area contributed by atoms with Gasteiger partial charge in [-0.1, -0.05) is 26.0 Å². The third-order valence-electron chi connectivity index (χ3n) is 5.82. The van der Waals surface area contributed by atoms with Crippen LogP contribution in [-0.2, 0) is 22.3 Å². The Labute approximate surface area is 162 Å². The standard InChI is InChI=1S/C20H26F3N3O2/c1-19(2)12-25(7-6-16(19)24)18(28)14-9-17(27)26(11-14)10-13-4-3-5-15(8-13)20(21,22)23/h3-5,8,14,16H,6-7,9-12,24H2,1-2H3. The monoisotopic (exact) mass is 397 g/mol. The fourth-order valence-corrected chi connectivity index (χ4v) is 3.98. The van der Waals surface area contributed by atoms with Crippen LogP contribution < -0.4 is 5.73 Å². The summed E-state index contributed by atoms with van der Waals surface area (Å²) in [6.07, 6.45) is -3.61. The largest absolute Gasteiger partial charge is 0.416 e. The Bertz CT molecular complexity index is 763. The fraction of sp³-hybridized carbons (Fsp3) is 0.600. The molecule has 0 aromatic heterocycles. The number of nitrogens with two attached hydrogens (primary N) is 1. The maximum absolute atomic E-state index is 12.9. The third-order valence-corrected chi connectivity index (χ3v) is 5.82. The number of hydrogen-bond donors (Lipinski definition) is 1. The van der Waals surface area contributed by atoms with Gasteiger partial charge in [-0.15, -0.1) is 0 Å². The SMILES string of the molecule is CC1(C)CN(C(=O)C2CC(=O)N(Cc3cccc(C(F)(F)F)c3)C2)CCC1N. The summed E-state index contributed by atoms with van der Waals surface area (Å²) in [6, 6.07) is 4.98. The van der Waals surface area contributed by atoms with Crippen LogP contribution in [-0.4, -0.2) is 47.3 Å². The van der Waals surface area contributed by atoms with Crippen molar-refractivity contribution in [3.8, 4) is 0 Å². The number of amides is 2. The van der Waals surface area contributed by atoms with E-state index in [-0.39, 0.29) is 42.8 Å². The third kappa shape index (κ3) is 4.32. The normalized spacial score (nSPS) is 25.3. The lowest BCUT2D eigenvalue weighted by Gasteiger charge is -2.43. The molecule has 2 fully saturated rings. The van der Waals surface area contributed by atoms with Crippen LogP contribution in [0.25, 0.3) is 0 Å². The second kappa shape index (κ2) is 7.39. The highest BCUT2D eigenvalue weighted by Gasteiger charge is 2.41. The van der Waals surface area contributed by atoms with E-state index in [1.54, 1.807) is 11.0 Å². The quantitative estimate of drug-likeness (QED) is 0.853. The number of rotatable bonds is 3. The van der Waals surface area contributed by atoms with Crippen molar-refractivity contribution in [2.24, 2.45) is 17.1 Å². The average Bonchev–Trinajstić information content (AvgIpc) is 2.97. The van der Waals surface area contributed by atoms with Crippen molar-refractivity contribution in [3.63, 3.8) is 0 Å². The molecule has 2 amide bonds. The number of piperidine rings is 1. The van der Waals surface area contributed by atoms with Gasteiger partial charge in [0.2, 0.25) is 11.8 Å². The predicted octanol–water partition coefficient (Wildman–Crippen LogP) is 2.64. The second-order valence-electron chi connectivity index (χ2n) is 8.52. The van der Waals surface area contributed by atoms with E-state index in [0.29, 0.717) is 25.1 Å². The van der Waals surface area contributed by atoms with Gasteiger partial charge >= 0.3 is 6.18 Å². The molecule has 0 spiro atoms. The van der Waals surface area contributed by atoms with Gasteiger partial charge in [0.1, 0.15) is 0 Å². The first-order chi connectivity index (χ1) is 13.0. The molecular weight excluding hydrogens is 371 g/mol. The van der Waals surface area contributed by atoms with Gasteiger partial charge in [0.05, 0.1) is 11.5 Å². The summed E-state index contributed by atoms with van der Waals surface area (Å²) in [5.41, 5.74) is 5.60. The smallest absolute Gasteiger partial charge is 0.342 e. The number of carbonyl (C=O) groups excluding carboxylic acids is 2. The van der Waals surface area contributed by atoms with Crippen molar-refractivity contribution in [2.75, 3.05) is 19.6 Å². The van der Waals surface area contributed by atoms with Crippen molar-refractivity contribution in [3.05, 3.63) is 35.4 Å². The Morgan fingerprint density at radius 2 is 2.04 bits per heavy atom. The summed E-state index contributed by atoms with van der Waals surface area (Å²) in [7, 11) is 0. The van der Waals surface area contributed by atoms with Crippen LogP contribution in [0.1, 0.15) is 37.8 Å². The minimum absolute atomic E-state index is 0.0270. The molecule has 154 valence electrons. The molecule has 0 radical (unpaired) electrons. The van der Waals surface area contributed by atoms with Crippen LogP contribution in [0.5, 0.6) is 0 Å². The Balaban J connectivity index is 1.65. The van der Waals surface area contributed by atoms with E-state index in [9.17, 15) is 22.8 Å². The molecule has 2 N–H and O–H groups in total. The van der Waals surface area contributed by atoms with E-state index < -0.39 is 17.7 Å². The number of halogens is 3. The Kier molecular flexibility index (Phi) is 5.44. The van der Waals surface area contributed by atoms with Crippen molar-refractivity contribution < 1.29 is 22.8 Å². The van der Waals surface area contributed by atoms with Gasteiger partial charge in [-0.2, -0.15) is 13.2 Å². The molecule has 2 aliphatic rings. The predicted molar refractivity (Wildman–Crippen MR) is 97.9 cm³/mol. The van der Waals surface area contributed by atoms with Crippen LogP contribution in [0.3, 0.4) is 0 Å². The molecular formula is C20H26F3N3O2. The lowest BCUT2D eigenvalue weighted by atomic mass is 9.79. The van der Waals surface area contributed by atoms with Crippen molar-refractivity contribution in [2.45, 2.75) is 45.5 Å². The number of carbonyl (C=O) groups is 2. The first-order valence-electron chi connectivity index (χ1n) is 9.45. The topological polar surface area (TPSA) is 66.6 Å². The van der Waals surface area contributed by atoms with Gasteiger partial charge < -0.3 is 15.5 Å². The lowest BCUT2D eigenvalue weighted by molar-refractivity contribution is -0.139. The Morgan fingerprint density at radius 1 is 1.32 bits per heavy atom. The summed E-state index contributed by atoms with van der Waals surface area (Å²) in [4.78, 5) is 28.5. The molecule has 2 heterocycles. The first-order valence-corrected chi connectivity index (χ1v) is 9.45. The highest BCUT2D eigenvalue weighted by molar-refractivity contribution is 5.89. The van der Waals surface area contributed by atoms with Crippen LogP contribution in [0.2, 0.25) is 0 Å². The number of hydrogen-bond acceptors (Lipinski definition) is 3. The molecule has 1 aromatic carbocycles. The number of alkyl halides is 3. The van der Waals surface area contributed by atoms with Gasteiger partial charge in [-0.25, -0.2) is 0 Å². The summed E-state index contributed by atoms with van der Waals surface area (Å²) in [5.74, 6) is -0.730. The van der Waals surface area contributed by atoms with Crippen LogP contribution in [0.4, 0.5) is 13.2 Å². The molecule has 2 unspecified atom stereocenters. The van der Waals surface area contributed by atoms with Gasteiger partial charge in [0.25, 0.3) is 0 Å². The summed E-state index contributed by atoms with van der Waals surface area (Å²) in [5, 5.41) is 0. The van der Waals surface area contributed by atoms with E-state index in [1.807, 2.05) is 13.8 Å². The molecule has 28 heavy (non-hydrogen) atoms. The zero-order valence-electron chi connectivity index (χ0n) is 16.1. The summed E-state index contributed by atoms with van der Waals surface area (Å²) >= 11 is 0. The van der Waals surface area contributed by atoms with Crippen LogP contribution in [0.15, 0.2) is 24.3 Å². The van der Waals surface area contributed by atoms with Crippen molar-refractivity contribution >= 4 is 11.8 Å². The number of nitrogens with zero attached hydrogens (tertiary/aromatic N) is 2. The molecule has 0 bridgehead atoms. The van der Waals surface area contributed by atoms with Gasteiger partial charge in [-0.05, 0) is 29.5 Å². The van der Waals surface area contributed by atoms with E-state index >= 15 is 0 Å². The Morgan fingerprint density at radius 3 is 2.68 bits per heavy atom. The van der Waals surface area contributed by atoms with E-state index in [0.717, 1.165) is 12.1 Å². The molecule has 0 saturated carbocycles. The first kappa shape index (κ1) is 20.6.